The average Bonchev–Trinajstić information content (AvgIpc) is 3.27. The highest BCUT2D eigenvalue weighted by Gasteiger charge is 2.18. The van der Waals surface area contributed by atoms with Gasteiger partial charge in [0.1, 0.15) is 24.7 Å². The Morgan fingerprint density at radius 3 is 1.31 bits per heavy atom. The van der Waals surface area contributed by atoms with E-state index >= 15 is 0 Å². The van der Waals surface area contributed by atoms with Crippen LogP contribution in [0.4, 0.5) is 11.4 Å². The number of aromatic nitrogens is 2. The maximum absolute atomic E-state index is 13.4. The maximum atomic E-state index is 13.4. The molecule has 59 heavy (non-hydrogen) atoms. The second-order valence-corrected chi connectivity index (χ2v) is 13.3. The number of nitro groups is 2. The number of benzene rings is 6. The molecule has 0 saturated heterocycles. The van der Waals surface area contributed by atoms with E-state index in [1.54, 1.807) is 97.1 Å². The number of hydrogen-bond acceptors (Lipinski definition) is 11. The Morgan fingerprint density at radius 1 is 0.492 bits per heavy atom. The number of esters is 2. The minimum Gasteiger partial charge on any atom is -0.457 e. The van der Waals surface area contributed by atoms with Gasteiger partial charge in [0, 0.05) is 46.2 Å². The summed E-state index contributed by atoms with van der Waals surface area (Å²) in [6.45, 7) is -0.277. The molecule has 0 bridgehead atoms. The molecule has 8 rings (SSSR count). The molecule has 13 heteroatoms. The Balaban J connectivity index is 0.973. The Kier molecular flexibility index (Phi) is 10.5. The number of hydrogen-bond donors (Lipinski definition) is 0. The van der Waals surface area contributed by atoms with E-state index in [0.717, 1.165) is 11.1 Å². The molecule has 2 heterocycles. The van der Waals surface area contributed by atoms with Crippen molar-refractivity contribution in [2.45, 2.75) is 13.2 Å². The van der Waals surface area contributed by atoms with Gasteiger partial charge < -0.3 is 14.2 Å². The number of rotatable bonds is 12. The SMILES string of the molecule is O=C(OCc1cccc([N+](=O)[O-])c1)c1cc(-c2ccc(Oc3ccc(-c4cc(C(=O)OCc5cccc([N+](=O)[O-])c5)c5ccccc5n4)cc3)cc2)nc2ccccc12. The van der Waals surface area contributed by atoms with E-state index in [-0.39, 0.29) is 24.6 Å². The third-order valence-electron chi connectivity index (χ3n) is 9.39. The number of ether oxygens (including phenoxy) is 3. The molecule has 2 aromatic heterocycles. The van der Waals surface area contributed by atoms with Crippen LogP contribution in [0.25, 0.3) is 44.3 Å². The number of para-hydroxylation sites is 2. The van der Waals surface area contributed by atoms with Gasteiger partial charge in [-0.25, -0.2) is 19.6 Å². The third kappa shape index (κ3) is 8.44. The number of pyridine rings is 2. The van der Waals surface area contributed by atoms with Crippen molar-refractivity contribution in [2.75, 3.05) is 0 Å². The summed E-state index contributed by atoms with van der Waals surface area (Å²) in [5.74, 6) is -0.0752. The summed E-state index contributed by atoms with van der Waals surface area (Å²) >= 11 is 0. The van der Waals surface area contributed by atoms with E-state index in [1.165, 1.54) is 24.3 Å². The van der Waals surface area contributed by atoms with Gasteiger partial charge in [0.05, 0.1) is 43.4 Å². The van der Waals surface area contributed by atoms with Crippen LogP contribution in [0.5, 0.6) is 11.5 Å². The summed E-state index contributed by atoms with van der Waals surface area (Å²) in [5.41, 5.74) is 5.15. The van der Waals surface area contributed by atoms with Crippen molar-refractivity contribution in [3.05, 3.63) is 200 Å². The van der Waals surface area contributed by atoms with Crippen molar-refractivity contribution in [2.24, 2.45) is 0 Å². The quantitative estimate of drug-likeness (QED) is 0.0655. The molecule has 0 radical (unpaired) electrons. The molecule has 8 aromatic rings. The number of carbonyl (C=O) groups excluding carboxylic acids is 2. The van der Waals surface area contributed by atoms with Gasteiger partial charge in [-0.15, -0.1) is 0 Å². The highest BCUT2D eigenvalue weighted by atomic mass is 16.6. The summed E-state index contributed by atoms with van der Waals surface area (Å²) in [4.78, 5) is 57.7. The van der Waals surface area contributed by atoms with Gasteiger partial charge in [-0.2, -0.15) is 0 Å². The molecule has 0 amide bonds. The fourth-order valence-electron chi connectivity index (χ4n) is 6.48. The van der Waals surface area contributed by atoms with Crippen LogP contribution in [0.15, 0.2) is 158 Å². The lowest BCUT2D eigenvalue weighted by Gasteiger charge is -2.12. The molecule has 0 spiro atoms. The lowest BCUT2D eigenvalue weighted by Crippen LogP contribution is -2.07. The first-order valence-electron chi connectivity index (χ1n) is 18.2. The summed E-state index contributed by atoms with van der Waals surface area (Å²) < 4.78 is 17.3. The molecule has 6 aromatic carbocycles. The first kappa shape index (κ1) is 37.6. The van der Waals surface area contributed by atoms with Gasteiger partial charge in [-0.05, 0) is 83.9 Å². The minimum absolute atomic E-state index is 0.0896. The number of carbonyl (C=O) groups is 2. The van der Waals surface area contributed by atoms with Crippen molar-refractivity contribution < 1.29 is 33.6 Å². The highest BCUT2D eigenvalue weighted by molar-refractivity contribution is 6.05. The molecule has 0 fully saturated rings. The van der Waals surface area contributed by atoms with E-state index in [9.17, 15) is 29.8 Å². The molecular weight excluding hydrogens is 753 g/mol. The Morgan fingerprint density at radius 2 is 0.898 bits per heavy atom. The average molecular weight is 783 g/mol. The standard InChI is InChI=1S/C46H30N4O9/c51-45(57-27-29-7-5-9-33(23-29)49(53)54)39-25-43(47-41-13-3-1-11-37(39)41)31-15-19-35(20-16-31)59-36-21-17-32(18-22-36)44-26-40(38-12-2-4-14-42(38)48-44)46(52)58-28-30-8-6-10-34(24-30)50(55)56/h1-26H,27-28H2. The van der Waals surface area contributed by atoms with Crippen LogP contribution >= 0.6 is 0 Å². The van der Waals surface area contributed by atoms with E-state index < -0.39 is 21.8 Å². The first-order chi connectivity index (χ1) is 28.7. The molecule has 0 saturated carbocycles. The van der Waals surface area contributed by atoms with E-state index in [1.807, 2.05) is 36.4 Å². The molecule has 0 unspecified atom stereocenters. The van der Waals surface area contributed by atoms with Crippen molar-refractivity contribution >= 4 is 45.1 Å². The zero-order valence-electron chi connectivity index (χ0n) is 30.9. The van der Waals surface area contributed by atoms with Crippen LogP contribution in [0.1, 0.15) is 31.8 Å². The first-order valence-corrected chi connectivity index (χ1v) is 18.2. The second-order valence-electron chi connectivity index (χ2n) is 13.3. The number of non-ortho nitro benzene ring substituents is 2. The second kappa shape index (κ2) is 16.4. The molecule has 288 valence electrons. The molecule has 13 nitrogen and oxygen atoms in total. The predicted octanol–water partition coefficient (Wildman–Crippen LogP) is 10.4. The molecular formula is C46H30N4O9. The molecule has 0 atom stereocenters. The van der Waals surface area contributed by atoms with E-state index in [0.29, 0.717) is 66.9 Å². The van der Waals surface area contributed by atoms with Crippen LogP contribution in [-0.2, 0) is 22.7 Å². The van der Waals surface area contributed by atoms with Gasteiger partial charge in [-0.1, -0.05) is 60.7 Å². The van der Waals surface area contributed by atoms with Crippen molar-refractivity contribution in [1.29, 1.82) is 0 Å². The topological polar surface area (TPSA) is 174 Å². The summed E-state index contributed by atoms with van der Waals surface area (Å²) in [7, 11) is 0. The van der Waals surface area contributed by atoms with Gasteiger partial charge in [-0.3, -0.25) is 20.2 Å². The monoisotopic (exact) mass is 782 g/mol. The fourth-order valence-corrected chi connectivity index (χ4v) is 6.48. The van der Waals surface area contributed by atoms with Gasteiger partial charge >= 0.3 is 11.9 Å². The number of nitrogens with zero attached hydrogens (tertiary/aromatic N) is 4. The molecule has 0 aliphatic rings. The van der Waals surface area contributed by atoms with Crippen LogP contribution in [0, 0.1) is 20.2 Å². The van der Waals surface area contributed by atoms with Gasteiger partial charge in [0.15, 0.2) is 0 Å². The van der Waals surface area contributed by atoms with Crippen molar-refractivity contribution in [3.8, 4) is 34.0 Å². The van der Waals surface area contributed by atoms with Gasteiger partial charge in [0.2, 0.25) is 0 Å². The number of nitro benzene ring substituents is 2. The van der Waals surface area contributed by atoms with Crippen LogP contribution in [0.2, 0.25) is 0 Å². The van der Waals surface area contributed by atoms with Gasteiger partial charge in [0.25, 0.3) is 11.4 Å². The van der Waals surface area contributed by atoms with E-state index in [2.05, 4.69) is 0 Å². The van der Waals surface area contributed by atoms with Crippen LogP contribution in [-0.4, -0.2) is 31.8 Å². The highest BCUT2D eigenvalue weighted by Crippen LogP contribution is 2.31. The zero-order valence-corrected chi connectivity index (χ0v) is 30.9. The third-order valence-corrected chi connectivity index (χ3v) is 9.39. The smallest absolute Gasteiger partial charge is 0.339 e. The lowest BCUT2D eigenvalue weighted by molar-refractivity contribution is -0.385. The normalized spacial score (nSPS) is 10.9. The molecule has 0 aliphatic carbocycles. The van der Waals surface area contributed by atoms with Crippen molar-refractivity contribution in [3.63, 3.8) is 0 Å². The fraction of sp³-hybridized carbons (Fsp3) is 0.0435. The molecule has 0 N–H and O–H groups in total. The molecule has 0 aliphatic heterocycles. The Bertz CT molecular complexity index is 2720. The predicted molar refractivity (Wildman–Crippen MR) is 219 cm³/mol. The van der Waals surface area contributed by atoms with E-state index in [4.69, 9.17) is 24.2 Å². The lowest BCUT2D eigenvalue weighted by atomic mass is 10.0. The van der Waals surface area contributed by atoms with Crippen LogP contribution < -0.4 is 4.74 Å². The number of fused-ring (bicyclic) bond motifs is 2. The largest absolute Gasteiger partial charge is 0.457 e. The Hall–Kier alpha value is -8.32. The zero-order chi connectivity index (χ0) is 40.9. The summed E-state index contributed by atoms with van der Waals surface area (Å²) in [6, 6.07) is 44.1. The Labute approximate surface area is 335 Å². The maximum Gasteiger partial charge on any atom is 0.339 e. The van der Waals surface area contributed by atoms with Crippen molar-refractivity contribution in [1.82, 2.24) is 9.97 Å². The summed E-state index contributed by atoms with van der Waals surface area (Å²) in [6.07, 6.45) is 0. The summed E-state index contributed by atoms with van der Waals surface area (Å²) in [5, 5.41) is 23.6. The van der Waals surface area contributed by atoms with Crippen LogP contribution in [0.3, 0.4) is 0 Å². The minimum atomic E-state index is -0.590.